The van der Waals surface area contributed by atoms with Crippen LogP contribution in [0, 0.1) is 11.6 Å². The van der Waals surface area contributed by atoms with Gasteiger partial charge < -0.3 is 4.48 Å². The van der Waals surface area contributed by atoms with E-state index in [1.54, 1.807) is 24.3 Å². The molecule has 6 aromatic carbocycles. The maximum Gasteiger partial charge on any atom is 0.123 e. The molecule has 1 heterocycles. The molecule has 1 nitrogen and oxygen atoms in total. The molecule has 6 aromatic rings. The zero-order valence-corrected chi connectivity index (χ0v) is 26.3. The van der Waals surface area contributed by atoms with Crippen molar-refractivity contribution >= 4 is 21.5 Å². The predicted molar refractivity (Wildman–Crippen MR) is 185 cm³/mol. The normalized spacial score (nSPS) is 13.9. The number of nitrogens with zero attached hydrogens (tertiary/aromatic N) is 1. The van der Waals surface area contributed by atoms with Crippen molar-refractivity contribution in [3.63, 3.8) is 0 Å². The highest BCUT2D eigenvalue weighted by Crippen LogP contribution is 2.50. The van der Waals surface area contributed by atoms with Gasteiger partial charge in [-0.05, 0) is 93.0 Å². The van der Waals surface area contributed by atoms with Gasteiger partial charge in [-0.1, -0.05) is 99.5 Å². The van der Waals surface area contributed by atoms with E-state index in [0.29, 0.717) is 0 Å². The summed E-state index contributed by atoms with van der Waals surface area (Å²) in [6.45, 7) is 8.54. The highest BCUT2D eigenvalue weighted by molar-refractivity contribution is 6.11. The summed E-state index contributed by atoms with van der Waals surface area (Å²) in [5, 5.41) is 4.85. The molecule has 0 amide bonds. The molecule has 1 aliphatic rings. The summed E-state index contributed by atoms with van der Waals surface area (Å²) in [5.74, 6) is -0.441. The number of hydrogen-bond donors (Lipinski definition) is 0. The SMILES string of the molecule is CCCC[N+]1(CCCC)Cc2c(-c3ccc(F)cc3)cc3ccccc3c2-c2c(c(-c3ccc(F)cc3)cc3ccccc23)C1. The Morgan fingerprint density at radius 3 is 1.33 bits per heavy atom. The molecular formula is C42H40F2N+. The van der Waals surface area contributed by atoms with Crippen molar-refractivity contribution in [1.82, 2.24) is 0 Å². The fourth-order valence-corrected chi connectivity index (χ4v) is 7.60. The third kappa shape index (κ3) is 5.44. The average molecular weight is 597 g/mol. The zero-order valence-electron chi connectivity index (χ0n) is 26.3. The molecule has 0 spiro atoms. The Kier molecular flexibility index (Phi) is 7.97. The van der Waals surface area contributed by atoms with Gasteiger partial charge in [0.05, 0.1) is 13.1 Å². The summed E-state index contributed by atoms with van der Waals surface area (Å²) in [6.07, 6.45) is 4.56. The minimum absolute atomic E-state index is 0.220. The van der Waals surface area contributed by atoms with E-state index in [-0.39, 0.29) is 11.6 Å². The van der Waals surface area contributed by atoms with Crippen LogP contribution in [0.4, 0.5) is 8.78 Å². The van der Waals surface area contributed by atoms with E-state index in [9.17, 15) is 8.78 Å². The quantitative estimate of drug-likeness (QED) is 0.153. The summed E-state index contributed by atoms with van der Waals surface area (Å²) in [4.78, 5) is 0. The Balaban J connectivity index is 1.67. The first-order chi connectivity index (χ1) is 22.0. The lowest BCUT2D eigenvalue weighted by molar-refractivity contribution is -0.953. The summed E-state index contributed by atoms with van der Waals surface area (Å²) < 4.78 is 29.4. The van der Waals surface area contributed by atoms with Crippen LogP contribution in [0.25, 0.3) is 54.9 Å². The first-order valence-electron chi connectivity index (χ1n) is 16.5. The second-order valence-electron chi connectivity index (χ2n) is 12.8. The van der Waals surface area contributed by atoms with Crippen LogP contribution < -0.4 is 0 Å². The summed E-state index contributed by atoms with van der Waals surface area (Å²) in [5.41, 5.74) is 9.72. The number of hydrogen-bond acceptors (Lipinski definition) is 0. The summed E-state index contributed by atoms with van der Waals surface area (Å²) >= 11 is 0. The van der Waals surface area contributed by atoms with E-state index in [0.717, 1.165) is 67.5 Å². The second kappa shape index (κ2) is 12.2. The molecule has 0 saturated heterocycles. The van der Waals surface area contributed by atoms with Gasteiger partial charge in [-0.25, -0.2) is 8.78 Å². The maximum atomic E-state index is 14.2. The standard InChI is InChI=1S/C42H40F2N/c1-3-5-23-45(24-6-4-2)27-39-37(29-15-19-33(43)20-16-29)25-31-11-7-9-13-35(31)41(39)42-36-14-10-8-12-32(36)26-38(40(42)28-45)30-17-21-34(44)22-18-30/h7-22,25-26H,3-6,23-24,27-28H2,1-2H3/q+1. The highest BCUT2D eigenvalue weighted by atomic mass is 19.1. The van der Waals surface area contributed by atoms with E-state index in [1.807, 2.05) is 24.3 Å². The monoisotopic (exact) mass is 596 g/mol. The number of unbranched alkanes of at least 4 members (excludes halogenated alkanes) is 2. The molecule has 226 valence electrons. The predicted octanol–water partition coefficient (Wildman–Crippen LogP) is 11.7. The van der Waals surface area contributed by atoms with Crippen LogP contribution in [0.15, 0.2) is 109 Å². The number of halogens is 2. The Labute approximate surface area is 265 Å². The van der Waals surface area contributed by atoms with Gasteiger partial charge in [-0.2, -0.15) is 0 Å². The minimum Gasteiger partial charge on any atom is -0.316 e. The Bertz CT molecular complexity index is 1840. The molecule has 45 heavy (non-hydrogen) atoms. The van der Waals surface area contributed by atoms with E-state index in [4.69, 9.17) is 0 Å². The van der Waals surface area contributed by atoms with Crippen LogP contribution in [-0.4, -0.2) is 17.6 Å². The fourth-order valence-electron chi connectivity index (χ4n) is 7.60. The lowest BCUT2D eigenvalue weighted by atomic mass is 9.82. The number of quaternary nitrogens is 1. The van der Waals surface area contributed by atoms with Crippen LogP contribution >= 0.6 is 0 Å². The van der Waals surface area contributed by atoms with E-state index in [2.05, 4.69) is 74.5 Å². The van der Waals surface area contributed by atoms with Crippen molar-refractivity contribution in [3.05, 3.63) is 132 Å². The van der Waals surface area contributed by atoms with Gasteiger partial charge in [0.15, 0.2) is 0 Å². The van der Waals surface area contributed by atoms with Crippen molar-refractivity contribution in [3.8, 4) is 33.4 Å². The van der Waals surface area contributed by atoms with Gasteiger partial charge in [-0.3, -0.25) is 0 Å². The van der Waals surface area contributed by atoms with Crippen LogP contribution in [-0.2, 0) is 13.1 Å². The molecule has 7 rings (SSSR count). The third-order valence-electron chi connectivity index (χ3n) is 9.83. The molecule has 3 heteroatoms. The summed E-state index contributed by atoms with van der Waals surface area (Å²) in [6, 6.07) is 36.2. The van der Waals surface area contributed by atoms with Crippen molar-refractivity contribution in [1.29, 1.82) is 0 Å². The number of benzene rings is 6. The number of rotatable bonds is 8. The molecule has 0 N–H and O–H groups in total. The first kappa shape index (κ1) is 29.4. The minimum atomic E-state index is -0.220. The molecule has 1 aliphatic heterocycles. The summed E-state index contributed by atoms with van der Waals surface area (Å²) in [7, 11) is 0. The highest BCUT2D eigenvalue weighted by Gasteiger charge is 2.37. The largest absolute Gasteiger partial charge is 0.316 e. The maximum absolute atomic E-state index is 14.2. The first-order valence-corrected chi connectivity index (χ1v) is 16.5. The number of fused-ring (bicyclic) bond motifs is 7. The van der Waals surface area contributed by atoms with Gasteiger partial charge in [0, 0.05) is 22.3 Å². The molecule has 0 unspecified atom stereocenters. The molecule has 0 aliphatic carbocycles. The molecule has 0 bridgehead atoms. The van der Waals surface area contributed by atoms with Crippen LogP contribution in [0.1, 0.15) is 50.7 Å². The van der Waals surface area contributed by atoms with Crippen LogP contribution in [0.2, 0.25) is 0 Å². The van der Waals surface area contributed by atoms with Gasteiger partial charge in [0.1, 0.15) is 24.7 Å². The molecular weight excluding hydrogens is 556 g/mol. The Hall–Kier alpha value is -4.34. The van der Waals surface area contributed by atoms with Gasteiger partial charge in [0.2, 0.25) is 0 Å². The van der Waals surface area contributed by atoms with Crippen molar-refractivity contribution in [2.45, 2.75) is 52.6 Å². The third-order valence-corrected chi connectivity index (χ3v) is 9.83. The lowest BCUT2D eigenvalue weighted by Gasteiger charge is -2.39. The van der Waals surface area contributed by atoms with Gasteiger partial charge >= 0.3 is 0 Å². The van der Waals surface area contributed by atoms with Crippen molar-refractivity contribution in [2.24, 2.45) is 0 Å². The van der Waals surface area contributed by atoms with Crippen molar-refractivity contribution in [2.75, 3.05) is 13.1 Å². The fraction of sp³-hybridized carbons (Fsp3) is 0.238. The van der Waals surface area contributed by atoms with Crippen LogP contribution in [0.3, 0.4) is 0 Å². The zero-order chi connectivity index (χ0) is 31.0. The van der Waals surface area contributed by atoms with Gasteiger partial charge in [-0.15, -0.1) is 0 Å². The Morgan fingerprint density at radius 1 is 0.533 bits per heavy atom. The van der Waals surface area contributed by atoms with E-state index in [1.165, 1.54) is 54.9 Å². The molecule has 0 radical (unpaired) electrons. The smallest absolute Gasteiger partial charge is 0.123 e. The van der Waals surface area contributed by atoms with E-state index < -0.39 is 0 Å². The lowest BCUT2D eigenvalue weighted by Crippen LogP contribution is -2.47. The topological polar surface area (TPSA) is 0 Å². The molecule has 0 fully saturated rings. The Morgan fingerprint density at radius 2 is 0.933 bits per heavy atom. The second-order valence-corrected chi connectivity index (χ2v) is 12.8. The van der Waals surface area contributed by atoms with Crippen LogP contribution in [0.5, 0.6) is 0 Å². The van der Waals surface area contributed by atoms with E-state index >= 15 is 0 Å². The van der Waals surface area contributed by atoms with Gasteiger partial charge in [0.25, 0.3) is 0 Å². The average Bonchev–Trinajstić information content (AvgIpc) is 3.22. The van der Waals surface area contributed by atoms with Crippen molar-refractivity contribution < 1.29 is 13.3 Å². The molecule has 0 saturated carbocycles. The molecule has 0 atom stereocenters. The molecule has 0 aromatic heterocycles.